The van der Waals surface area contributed by atoms with Crippen LogP contribution in [0.5, 0.6) is 0 Å². The molecule has 4 heteroatoms. The van der Waals surface area contributed by atoms with Crippen molar-refractivity contribution in [2.45, 2.75) is 25.2 Å². The zero-order valence-corrected chi connectivity index (χ0v) is 8.12. The Hall–Kier alpha value is -0.930. The lowest BCUT2D eigenvalue weighted by molar-refractivity contribution is -0.137. The van der Waals surface area contributed by atoms with E-state index in [4.69, 9.17) is 5.11 Å². The number of hydrogen-bond donors (Lipinski definition) is 1. The summed E-state index contributed by atoms with van der Waals surface area (Å²) in [7, 11) is 0. The summed E-state index contributed by atoms with van der Waals surface area (Å²) in [6.45, 7) is 0. The second kappa shape index (κ2) is 2.60. The number of carboxylic acid groups (broad SMARTS) is 1. The largest absolute Gasteiger partial charge is 0.478 e. The van der Waals surface area contributed by atoms with Crippen molar-refractivity contribution in [2.24, 2.45) is 23.7 Å². The number of alkyl halides is 2. The lowest BCUT2D eigenvalue weighted by Gasteiger charge is -2.47. The van der Waals surface area contributed by atoms with Crippen LogP contribution in [0.2, 0.25) is 0 Å². The molecule has 0 spiro atoms. The molecule has 0 aromatic rings. The quantitative estimate of drug-likeness (QED) is 0.680. The van der Waals surface area contributed by atoms with Crippen molar-refractivity contribution in [3.8, 4) is 0 Å². The molecule has 0 aliphatic heterocycles. The number of rotatable bonds is 1. The van der Waals surface area contributed by atoms with E-state index < -0.39 is 23.7 Å². The van der Waals surface area contributed by atoms with Crippen molar-refractivity contribution >= 4 is 5.97 Å². The molecular formula is C11H12F2O2. The number of allylic oxidation sites excluding steroid dienone is 1. The van der Waals surface area contributed by atoms with Gasteiger partial charge < -0.3 is 5.11 Å². The van der Waals surface area contributed by atoms with Gasteiger partial charge in [0, 0.05) is 17.9 Å². The van der Waals surface area contributed by atoms with E-state index in [2.05, 4.69) is 0 Å². The zero-order valence-electron chi connectivity index (χ0n) is 8.12. The lowest BCUT2D eigenvalue weighted by Crippen LogP contribution is -2.48. The van der Waals surface area contributed by atoms with Crippen molar-refractivity contribution < 1.29 is 18.7 Å². The maximum absolute atomic E-state index is 13.7. The van der Waals surface area contributed by atoms with Gasteiger partial charge in [-0.15, -0.1) is 0 Å². The van der Waals surface area contributed by atoms with E-state index in [9.17, 15) is 13.6 Å². The first-order valence-corrected chi connectivity index (χ1v) is 5.34. The Morgan fingerprint density at radius 2 is 2.13 bits per heavy atom. The Morgan fingerprint density at radius 1 is 1.40 bits per heavy atom. The third-order valence-electron chi connectivity index (χ3n) is 4.37. The van der Waals surface area contributed by atoms with Gasteiger partial charge in [-0.2, -0.15) is 0 Å². The number of halogens is 2. The first kappa shape index (κ1) is 9.31. The van der Waals surface area contributed by atoms with Crippen LogP contribution >= 0.6 is 0 Å². The second-order valence-corrected chi connectivity index (χ2v) is 4.91. The van der Waals surface area contributed by atoms with E-state index >= 15 is 0 Å². The van der Waals surface area contributed by atoms with Gasteiger partial charge in [0.05, 0.1) is 0 Å². The van der Waals surface area contributed by atoms with Gasteiger partial charge in [0.25, 0.3) is 5.92 Å². The molecule has 0 saturated heterocycles. The molecule has 2 nitrogen and oxygen atoms in total. The topological polar surface area (TPSA) is 37.3 Å². The van der Waals surface area contributed by atoms with Crippen LogP contribution in [0.15, 0.2) is 11.6 Å². The molecule has 0 heterocycles. The van der Waals surface area contributed by atoms with E-state index in [1.165, 1.54) is 0 Å². The summed E-state index contributed by atoms with van der Waals surface area (Å²) in [5, 5.41) is 8.66. The average molecular weight is 214 g/mol. The molecule has 3 aliphatic rings. The van der Waals surface area contributed by atoms with Crippen molar-refractivity contribution in [3.05, 3.63) is 11.6 Å². The standard InChI is InChI=1S/C11H12F2O2/c12-11(13)5-1-2-6-7(4-9(14)15)8(3-5)10(6)11/h4-6,8,10H,1-3H2,(H,14,15)/t5-,6+,8-,10+/m0/s1. The maximum atomic E-state index is 13.7. The summed E-state index contributed by atoms with van der Waals surface area (Å²) in [4.78, 5) is 10.6. The highest BCUT2D eigenvalue weighted by Gasteiger charge is 2.69. The van der Waals surface area contributed by atoms with Crippen LogP contribution in [-0.4, -0.2) is 17.0 Å². The van der Waals surface area contributed by atoms with Crippen molar-refractivity contribution in [2.75, 3.05) is 0 Å². The Morgan fingerprint density at radius 3 is 2.80 bits per heavy atom. The Bertz CT molecular complexity index is 354. The van der Waals surface area contributed by atoms with Crippen LogP contribution in [0.1, 0.15) is 19.3 Å². The Labute approximate surface area is 86.0 Å². The van der Waals surface area contributed by atoms with Crippen LogP contribution in [0.4, 0.5) is 8.78 Å². The molecule has 0 radical (unpaired) electrons. The highest BCUT2D eigenvalue weighted by molar-refractivity contribution is 5.81. The predicted octanol–water partition coefficient (Wildman–Crippen LogP) is 2.31. The SMILES string of the molecule is O=C(O)C=C1[C@H]2CC[C@H]3C[C@@H]1[C@@H]2C3(F)F. The zero-order chi connectivity index (χ0) is 10.8. The highest BCUT2D eigenvalue weighted by Crippen LogP contribution is 2.68. The van der Waals surface area contributed by atoms with Crippen LogP contribution < -0.4 is 0 Å². The van der Waals surface area contributed by atoms with Crippen molar-refractivity contribution in [1.29, 1.82) is 0 Å². The van der Waals surface area contributed by atoms with Gasteiger partial charge in [0.2, 0.25) is 0 Å². The fraction of sp³-hybridized carbons (Fsp3) is 0.727. The number of hydrogen-bond acceptors (Lipinski definition) is 1. The number of aliphatic carboxylic acids is 1. The van der Waals surface area contributed by atoms with E-state index in [1.807, 2.05) is 0 Å². The van der Waals surface area contributed by atoms with Gasteiger partial charge in [-0.05, 0) is 31.1 Å². The second-order valence-electron chi connectivity index (χ2n) is 4.91. The molecule has 82 valence electrons. The Balaban J connectivity index is 1.96. The molecule has 3 fully saturated rings. The molecular weight excluding hydrogens is 202 g/mol. The Kier molecular flexibility index (Phi) is 1.61. The van der Waals surface area contributed by atoms with Gasteiger partial charge in [0.1, 0.15) is 0 Å². The van der Waals surface area contributed by atoms with Crippen LogP contribution in [0.3, 0.4) is 0 Å². The number of carboxylic acids is 1. The summed E-state index contributed by atoms with van der Waals surface area (Å²) >= 11 is 0. The van der Waals surface area contributed by atoms with Crippen molar-refractivity contribution in [3.63, 3.8) is 0 Å². The van der Waals surface area contributed by atoms with E-state index in [1.54, 1.807) is 0 Å². The summed E-state index contributed by atoms with van der Waals surface area (Å²) in [5.41, 5.74) is 0.771. The van der Waals surface area contributed by atoms with Crippen molar-refractivity contribution in [1.82, 2.24) is 0 Å². The van der Waals surface area contributed by atoms with Gasteiger partial charge in [0.15, 0.2) is 0 Å². The van der Waals surface area contributed by atoms with Gasteiger partial charge in [-0.3, -0.25) is 0 Å². The minimum atomic E-state index is -2.54. The molecule has 0 aromatic heterocycles. The number of carbonyl (C=O) groups is 1. The average Bonchev–Trinajstić information content (AvgIpc) is 2.35. The molecule has 15 heavy (non-hydrogen) atoms. The molecule has 0 amide bonds. The summed E-state index contributed by atoms with van der Waals surface area (Å²) < 4.78 is 27.3. The van der Waals surface area contributed by atoms with Gasteiger partial charge in [-0.25, -0.2) is 13.6 Å². The molecule has 3 rings (SSSR count). The maximum Gasteiger partial charge on any atom is 0.328 e. The molecule has 1 N–H and O–H groups in total. The molecule has 3 aliphatic carbocycles. The molecule has 3 saturated carbocycles. The van der Waals surface area contributed by atoms with E-state index in [-0.39, 0.29) is 11.8 Å². The van der Waals surface area contributed by atoms with Crippen LogP contribution in [-0.2, 0) is 4.79 Å². The smallest absolute Gasteiger partial charge is 0.328 e. The first-order valence-electron chi connectivity index (χ1n) is 5.34. The predicted molar refractivity (Wildman–Crippen MR) is 48.5 cm³/mol. The minimum Gasteiger partial charge on any atom is -0.478 e. The summed E-state index contributed by atoms with van der Waals surface area (Å²) in [6.07, 6.45) is 2.96. The fourth-order valence-corrected chi connectivity index (χ4v) is 3.80. The first-order chi connectivity index (χ1) is 7.01. The van der Waals surface area contributed by atoms with Gasteiger partial charge in [-0.1, -0.05) is 5.57 Å². The van der Waals surface area contributed by atoms with E-state index in [0.717, 1.165) is 18.1 Å². The third-order valence-corrected chi connectivity index (χ3v) is 4.37. The monoisotopic (exact) mass is 214 g/mol. The molecule has 0 unspecified atom stereocenters. The highest BCUT2D eigenvalue weighted by atomic mass is 19.3. The molecule has 2 bridgehead atoms. The normalized spacial score (nSPS) is 47.7. The molecule has 4 atom stereocenters. The van der Waals surface area contributed by atoms with Crippen LogP contribution in [0, 0.1) is 23.7 Å². The summed E-state index contributed by atoms with van der Waals surface area (Å²) in [6, 6.07) is 0. The van der Waals surface area contributed by atoms with Gasteiger partial charge >= 0.3 is 5.97 Å². The fourth-order valence-electron chi connectivity index (χ4n) is 3.80. The minimum absolute atomic E-state index is 0.145. The summed E-state index contributed by atoms with van der Waals surface area (Å²) in [5.74, 6) is -4.88. The van der Waals surface area contributed by atoms with E-state index in [0.29, 0.717) is 12.8 Å². The van der Waals surface area contributed by atoms with Crippen LogP contribution in [0.25, 0.3) is 0 Å². The lowest BCUT2D eigenvalue weighted by atomic mass is 9.59. The molecule has 0 aromatic carbocycles. The third kappa shape index (κ3) is 0.998. The number of fused-ring (bicyclic) bond motifs is 1.